The van der Waals surface area contributed by atoms with E-state index in [2.05, 4.69) is 4.74 Å². The molecule has 0 aromatic carbocycles. The summed E-state index contributed by atoms with van der Waals surface area (Å²) in [6.45, 7) is 0.406. The highest BCUT2D eigenvalue weighted by Gasteiger charge is 2.67. The number of ether oxygens (including phenoxy) is 2. The van der Waals surface area contributed by atoms with Crippen LogP contribution in [0.15, 0.2) is 0 Å². The van der Waals surface area contributed by atoms with Crippen molar-refractivity contribution in [3.8, 4) is 0 Å². The first-order valence-electron chi connectivity index (χ1n) is 8.73. The van der Waals surface area contributed by atoms with Gasteiger partial charge in [-0.25, -0.2) is 4.79 Å². The molecule has 9 heteroatoms. The quantitative estimate of drug-likeness (QED) is 0.539. The van der Waals surface area contributed by atoms with E-state index in [0.29, 0.717) is 25.9 Å². The number of carbonyl (C=O) groups excluding carboxylic acids is 2. The van der Waals surface area contributed by atoms with Gasteiger partial charge in [0.1, 0.15) is 12.6 Å². The smallest absolute Gasteiger partial charge is 0.463 e. The predicted molar refractivity (Wildman–Crippen MR) is 81.3 cm³/mol. The summed E-state index contributed by atoms with van der Waals surface area (Å²) in [7, 11) is 0.884. The van der Waals surface area contributed by atoms with Crippen molar-refractivity contribution < 1.29 is 37.6 Å². The van der Waals surface area contributed by atoms with Crippen molar-refractivity contribution >= 4 is 11.9 Å². The van der Waals surface area contributed by atoms with E-state index in [4.69, 9.17) is 4.74 Å². The highest BCUT2D eigenvalue weighted by molar-refractivity contribution is 5.88. The Kier molecular flexibility index (Phi) is 6.67. The van der Waals surface area contributed by atoms with Crippen LogP contribution in [0.3, 0.4) is 0 Å². The van der Waals surface area contributed by atoms with Crippen molar-refractivity contribution in [3.63, 3.8) is 0 Å². The van der Waals surface area contributed by atoms with Crippen molar-refractivity contribution in [1.82, 2.24) is 5.32 Å². The molecule has 25 heavy (non-hydrogen) atoms. The maximum atomic E-state index is 13.8. The first kappa shape index (κ1) is 20.0. The fraction of sp³-hybridized carbons (Fsp3) is 0.875. The van der Waals surface area contributed by atoms with Crippen LogP contribution in [0.4, 0.5) is 13.2 Å². The van der Waals surface area contributed by atoms with Gasteiger partial charge in [-0.1, -0.05) is 19.3 Å². The molecule has 0 aromatic heterocycles. The number of nitrogens with two attached hydrogens (primary N) is 1. The van der Waals surface area contributed by atoms with E-state index in [1.807, 2.05) is 5.32 Å². The lowest BCUT2D eigenvalue weighted by Crippen LogP contribution is -3.07. The van der Waals surface area contributed by atoms with Gasteiger partial charge >= 0.3 is 17.8 Å². The Bertz CT molecular complexity index is 474. The summed E-state index contributed by atoms with van der Waals surface area (Å²) >= 11 is 0. The maximum Gasteiger partial charge on any atom is 0.478 e. The lowest BCUT2D eigenvalue weighted by atomic mass is 9.88. The Balaban J connectivity index is 2.18. The number of carbonyl (C=O) groups is 2. The molecule has 3 N–H and O–H groups in total. The van der Waals surface area contributed by atoms with Gasteiger partial charge in [-0.05, 0) is 25.7 Å². The molecule has 2 rings (SSSR count). The van der Waals surface area contributed by atoms with Crippen LogP contribution in [0.2, 0.25) is 0 Å². The van der Waals surface area contributed by atoms with E-state index in [-0.39, 0.29) is 12.6 Å². The number of nitrogens with one attached hydrogen (secondary N) is 1. The first-order chi connectivity index (χ1) is 11.8. The third kappa shape index (κ3) is 4.63. The number of amides is 1. The van der Waals surface area contributed by atoms with Crippen LogP contribution in [0, 0.1) is 5.92 Å². The van der Waals surface area contributed by atoms with E-state index >= 15 is 0 Å². The summed E-state index contributed by atoms with van der Waals surface area (Å²) in [5, 5.41) is 2.77. The Morgan fingerprint density at radius 3 is 2.36 bits per heavy atom. The lowest BCUT2D eigenvalue weighted by molar-refractivity contribution is -0.748. The first-order valence-corrected chi connectivity index (χ1v) is 8.73. The number of alkyl halides is 3. The zero-order valence-corrected chi connectivity index (χ0v) is 14.4. The number of hydrogen-bond acceptors (Lipinski definition) is 4. The standard InChI is InChI=1S/C16H25F3N2O4/c1-24-14(23)15(16(17,18)19,20-10-12-8-5-9-25-12)21-13(22)11-6-3-2-4-7-11/h11-12,20H,2-10H2,1H3,(H,21,22)/p+1/t12-,15-/m0/s1. The minimum atomic E-state index is -5.00. The van der Waals surface area contributed by atoms with Crippen LogP contribution in [-0.2, 0) is 19.1 Å². The van der Waals surface area contributed by atoms with E-state index in [9.17, 15) is 22.8 Å². The van der Waals surface area contributed by atoms with Crippen LogP contribution >= 0.6 is 0 Å². The molecule has 2 fully saturated rings. The zero-order chi connectivity index (χ0) is 18.5. The van der Waals surface area contributed by atoms with Gasteiger partial charge in [0.2, 0.25) is 5.91 Å². The molecular weight excluding hydrogens is 341 g/mol. The van der Waals surface area contributed by atoms with E-state index in [1.54, 1.807) is 0 Å². The fourth-order valence-electron chi connectivity index (χ4n) is 3.45. The predicted octanol–water partition coefficient (Wildman–Crippen LogP) is 0.857. The minimum Gasteiger partial charge on any atom is -0.463 e. The van der Waals surface area contributed by atoms with Crippen LogP contribution in [0.1, 0.15) is 44.9 Å². The van der Waals surface area contributed by atoms with Crippen molar-refractivity contribution in [2.24, 2.45) is 5.92 Å². The molecule has 1 amide bonds. The van der Waals surface area contributed by atoms with Gasteiger partial charge in [0.25, 0.3) is 0 Å². The third-order valence-corrected chi connectivity index (χ3v) is 4.96. The average molecular weight is 367 g/mol. The number of halogens is 3. The van der Waals surface area contributed by atoms with E-state index in [0.717, 1.165) is 38.1 Å². The van der Waals surface area contributed by atoms with Gasteiger partial charge in [0.15, 0.2) is 0 Å². The van der Waals surface area contributed by atoms with Gasteiger partial charge in [-0.15, -0.1) is 0 Å². The van der Waals surface area contributed by atoms with E-state index in [1.165, 1.54) is 0 Å². The Hall–Kier alpha value is -1.35. The molecule has 1 aliphatic heterocycles. The topological polar surface area (TPSA) is 81.2 Å². The van der Waals surface area contributed by atoms with Gasteiger partial charge in [0.05, 0.1) is 7.11 Å². The number of quaternary nitrogens is 1. The summed E-state index contributed by atoms with van der Waals surface area (Å²) in [6, 6.07) is 0. The van der Waals surface area contributed by atoms with Crippen LogP contribution in [0.5, 0.6) is 0 Å². The molecule has 1 heterocycles. The van der Waals surface area contributed by atoms with Crippen molar-refractivity contribution in [3.05, 3.63) is 0 Å². The minimum absolute atomic E-state index is 0.0838. The number of hydrogen-bond donors (Lipinski definition) is 2. The molecule has 0 spiro atoms. The Labute approximate surface area is 144 Å². The lowest BCUT2D eigenvalue weighted by Gasteiger charge is -2.33. The summed E-state index contributed by atoms with van der Waals surface area (Å²) in [5.74, 6) is -2.77. The third-order valence-electron chi connectivity index (χ3n) is 4.96. The van der Waals surface area contributed by atoms with Gasteiger partial charge in [0, 0.05) is 12.5 Å². The van der Waals surface area contributed by atoms with Crippen LogP contribution < -0.4 is 10.6 Å². The maximum absolute atomic E-state index is 13.8. The molecule has 1 saturated carbocycles. The number of rotatable bonds is 6. The highest BCUT2D eigenvalue weighted by atomic mass is 19.4. The largest absolute Gasteiger partial charge is 0.478 e. The van der Waals surface area contributed by atoms with Gasteiger partial charge < -0.3 is 14.8 Å². The van der Waals surface area contributed by atoms with Crippen molar-refractivity contribution in [2.75, 3.05) is 20.3 Å². The molecule has 0 aromatic rings. The summed E-state index contributed by atoms with van der Waals surface area (Å²) in [4.78, 5) is 24.5. The normalized spacial score (nSPS) is 24.6. The zero-order valence-electron chi connectivity index (χ0n) is 14.4. The number of esters is 1. The fourth-order valence-corrected chi connectivity index (χ4v) is 3.45. The summed E-state index contributed by atoms with van der Waals surface area (Å²) in [6.07, 6.45) is -0.340. The average Bonchev–Trinajstić information content (AvgIpc) is 3.11. The highest BCUT2D eigenvalue weighted by Crippen LogP contribution is 2.29. The Morgan fingerprint density at radius 1 is 1.16 bits per heavy atom. The van der Waals surface area contributed by atoms with Crippen LogP contribution in [-0.4, -0.2) is 50.1 Å². The molecule has 1 aliphatic carbocycles. The molecule has 144 valence electrons. The Morgan fingerprint density at radius 2 is 1.84 bits per heavy atom. The molecule has 6 nitrogen and oxygen atoms in total. The second-order valence-electron chi connectivity index (χ2n) is 6.70. The molecule has 0 unspecified atom stereocenters. The summed E-state index contributed by atoms with van der Waals surface area (Å²) < 4.78 is 51.2. The molecule has 0 radical (unpaired) electrons. The monoisotopic (exact) mass is 367 g/mol. The van der Waals surface area contributed by atoms with Gasteiger partial charge in [-0.2, -0.15) is 13.2 Å². The van der Waals surface area contributed by atoms with Crippen molar-refractivity contribution in [2.45, 2.75) is 62.9 Å². The molecule has 2 aliphatic rings. The molecule has 1 saturated heterocycles. The van der Waals surface area contributed by atoms with Gasteiger partial charge in [-0.3, -0.25) is 10.1 Å². The molecular formula is C16H26F3N2O4+. The number of methoxy groups -OCH3 is 1. The SMILES string of the molecule is COC(=O)[C@@](NC(=O)C1CCCCC1)([NH2+]C[C@@H]1CCCO1)C(F)(F)F. The molecule has 2 atom stereocenters. The van der Waals surface area contributed by atoms with E-state index < -0.39 is 29.6 Å². The van der Waals surface area contributed by atoms with Crippen LogP contribution in [0.25, 0.3) is 0 Å². The second kappa shape index (κ2) is 8.35. The molecule has 0 bridgehead atoms. The second-order valence-corrected chi connectivity index (χ2v) is 6.70. The summed E-state index contributed by atoms with van der Waals surface area (Å²) in [5.41, 5.74) is -3.14. The van der Waals surface area contributed by atoms with Crippen molar-refractivity contribution in [1.29, 1.82) is 0 Å².